The van der Waals surface area contributed by atoms with Gasteiger partial charge in [0.1, 0.15) is 0 Å². The van der Waals surface area contributed by atoms with Crippen LogP contribution in [-0.2, 0) is 4.74 Å². The monoisotopic (exact) mass is 171 g/mol. The minimum atomic E-state index is -0.831. The van der Waals surface area contributed by atoms with Gasteiger partial charge in [-0.25, -0.2) is 14.8 Å². The van der Waals surface area contributed by atoms with Crippen LogP contribution in [0.3, 0.4) is 0 Å². The smallest absolute Gasteiger partial charge is 0.365 e. The second kappa shape index (κ2) is 2.99. The van der Waals surface area contributed by atoms with Gasteiger partial charge in [0.2, 0.25) is 5.69 Å². The third kappa shape index (κ3) is 1.24. The number of rotatable bonds is 2. The van der Waals surface area contributed by atoms with E-state index in [2.05, 4.69) is 14.7 Å². The van der Waals surface area contributed by atoms with Gasteiger partial charge in [0.25, 0.3) is 0 Å². The number of aromatic amines is 1. The van der Waals surface area contributed by atoms with Crippen molar-refractivity contribution in [1.29, 1.82) is 0 Å². The number of carbonyl (C=O) groups is 1. The zero-order valence-corrected chi connectivity index (χ0v) is 6.10. The molecule has 12 heavy (non-hydrogen) atoms. The minimum Gasteiger partial charge on any atom is -0.464 e. The number of esters is 1. The summed E-state index contributed by atoms with van der Waals surface area (Å²) in [6.07, 6.45) is 1.06. The standard InChI is InChI=1S/C5H5N3O4/c1-12-5(9)3-4(8(10)11)7-2-6-3/h2H,1H3,(H,6,7). The maximum atomic E-state index is 10.8. The first-order valence-electron chi connectivity index (χ1n) is 2.93. The highest BCUT2D eigenvalue weighted by Crippen LogP contribution is 2.12. The number of nitrogens with one attached hydrogen (secondary N) is 1. The normalized spacial score (nSPS) is 9.42. The van der Waals surface area contributed by atoms with E-state index in [9.17, 15) is 14.9 Å². The van der Waals surface area contributed by atoms with E-state index in [4.69, 9.17) is 0 Å². The van der Waals surface area contributed by atoms with E-state index in [0.29, 0.717) is 0 Å². The van der Waals surface area contributed by atoms with Crippen LogP contribution in [0, 0.1) is 10.1 Å². The van der Waals surface area contributed by atoms with E-state index in [1.54, 1.807) is 0 Å². The molecule has 0 atom stereocenters. The van der Waals surface area contributed by atoms with Crippen molar-refractivity contribution >= 4 is 11.8 Å². The predicted octanol–water partition coefficient (Wildman–Crippen LogP) is 0.104. The summed E-state index contributed by atoms with van der Waals surface area (Å²) in [6.45, 7) is 0. The summed E-state index contributed by atoms with van der Waals surface area (Å²) < 4.78 is 4.26. The van der Waals surface area contributed by atoms with Crippen LogP contribution in [0.5, 0.6) is 0 Å². The third-order valence-corrected chi connectivity index (χ3v) is 1.18. The highest BCUT2D eigenvalue weighted by atomic mass is 16.6. The Balaban J connectivity index is 3.07. The van der Waals surface area contributed by atoms with Crippen molar-refractivity contribution < 1.29 is 14.5 Å². The van der Waals surface area contributed by atoms with Crippen molar-refractivity contribution in [3.63, 3.8) is 0 Å². The van der Waals surface area contributed by atoms with Crippen LogP contribution in [0.15, 0.2) is 6.33 Å². The molecule has 1 aromatic heterocycles. The van der Waals surface area contributed by atoms with Gasteiger partial charge < -0.3 is 14.9 Å². The number of aromatic nitrogens is 2. The Morgan fingerprint density at radius 3 is 3.00 bits per heavy atom. The summed E-state index contributed by atoms with van der Waals surface area (Å²) in [5, 5.41) is 10.2. The number of ether oxygens (including phenoxy) is 1. The number of carbonyl (C=O) groups excluding carboxylic acids is 1. The van der Waals surface area contributed by atoms with Crippen LogP contribution in [0.4, 0.5) is 5.82 Å². The zero-order chi connectivity index (χ0) is 9.14. The Hall–Kier alpha value is -1.92. The molecule has 7 nitrogen and oxygen atoms in total. The van der Waals surface area contributed by atoms with Gasteiger partial charge in [0.15, 0.2) is 6.33 Å². The predicted molar refractivity (Wildman–Crippen MR) is 36.6 cm³/mol. The summed E-state index contributed by atoms with van der Waals surface area (Å²) in [4.78, 5) is 25.9. The molecule has 0 bridgehead atoms. The van der Waals surface area contributed by atoms with Gasteiger partial charge in [0.05, 0.1) is 7.11 Å². The van der Waals surface area contributed by atoms with Crippen molar-refractivity contribution in [2.24, 2.45) is 0 Å². The van der Waals surface area contributed by atoms with Crippen LogP contribution in [0.1, 0.15) is 10.5 Å². The van der Waals surface area contributed by atoms with Gasteiger partial charge >= 0.3 is 11.8 Å². The molecular formula is C5H5N3O4. The lowest BCUT2D eigenvalue weighted by molar-refractivity contribution is -0.389. The van der Waals surface area contributed by atoms with Crippen LogP contribution in [-0.4, -0.2) is 28.0 Å². The van der Waals surface area contributed by atoms with E-state index in [1.165, 1.54) is 0 Å². The average Bonchev–Trinajstić information content (AvgIpc) is 2.50. The van der Waals surface area contributed by atoms with Gasteiger partial charge in [-0.1, -0.05) is 0 Å². The van der Waals surface area contributed by atoms with Crippen molar-refractivity contribution in [2.75, 3.05) is 7.11 Å². The zero-order valence-electron chi connectivity index (χ0n) is 6.10. The van der Waals surface area contributed by atoms with Gasteiger partial charge in [-0.2, -0.15) is 0 Å². The first kappa shape index (κ1) is 8.18. The SMILES string of the molecule is COC(=O)c1nc[nH]c1[N+](=O)[O-]. The molecule has 64 valence electrons. The number of H-pyrrole nitrogens is 1. The van der Waals surface area contributed by atoms with Crippen molar-refractivity contribution in [3.8, 4) is 0 Å². The molecule has 0 amide bonds. The lowest BCUT2D eigenvalue weighted by atomic mass is 10.4. The highest BCUT2D eigenvalue weighted by molar-refractivity contribution is 5.90. The molecule has 1 heterocycles. The molecule has 0 unspecified atom stereocenters. The fourth-order valence-corrected chi connectivity index (χ4v) is 0.673. The Morgan fingerprint density at radius 1 is 1.83 bits per heavy atom. The molecule has 0 radical (unpaired) electrons. The van der Waals surface area contributed by atoms with Crippen LogP contribution in [0.2, 0.25) is 0 Å². The number of methoxy groups -OCH3 is 1. The van der Waals surface area contributed by atoms with E-state index < -0.39 is 16.7 Å². The van der Waals surface area contributed by atoms with Gasteiger partial charge in [-0.05, 0) is 4.92 Å². The molecule has 1 N–H and O–H groups in total. The summed E-state index contributed by atoms with van der Waals surface area (Å²) in [7, 11) is 1.13. The topological polar surface area (TPSA) is 98.1 Å². The fraction of sp³-hybridized carbons (Fsp3) is 0.200. The molecule has 0 fully saturated rings. The molecule has 0 aliphatic carbocycles. The van der Waals surface area contributed by atoms with Gasteiger partial charge in [-0.3, -0.25) is 0 Å². The molecule has 1 rings (SSSR count). The number of hydrogen-bond donors (Lipinski definition) is 1. The molecular weight excluding hydrogens is 166 g/mol. The van der Waals surface area contributed by atoms with Crippen molar-refractivity contribution in [1.82, 2.24) is 9.97 Å². The highest BCUT2D eigenvalue weighted by Gasteiger charge is 2.22. The van der Waals surface area contributed by atoms with E-state index in [0.717, 1.165) is 13.4 Å². The fourth-order valence-electron chi connectivity index (χ4n) is 0.673. The Morgan fingerprint density at radius 2 is 2.50 bits per heavy atom. The average molecular weight is 171 g/mol. The van der Waals surface area contributed by atoms with E-state index >= 15 is 0 Å². The minimum absolute atomic E-state index is 0.317. The number of imidazole rings is 1. The Bertz CT molecular complexity index is 318. The molecule has 0 saturated carbocycles. The summed E-state index contributed by atoms with van der Waals surface area (Å²) in [5.74, 6) is -1.29. The Kier molecular flexibility index (Phi) is 2.04. The summed E-state index contributed by atoms with van der Waals surface area (Å²) in [5.41, 5.74) is -0.317. The lowest BCUT2D eigenvalue weighted by Gasteiger charge is -1.93. The first-order valence-corrected chi connectivity index (χ1v) is 2.93. The number of nitro groups is 1. The summed E-state index contributed by atoms with van der Waals surface area (Å²) >= 11 is 0. The van der Waals surface area contributed by atoms with Crippen LogP contribution >= 0.6 is 0 Å². The molecule has 0 saturated heterocycles. The molecule has 0 aliphatic heterocycles. The second-order valence-corrected chi connectivity index (χ2v) is 1.85. The molecule has 0 aromatic carbocycles. The molecule has 1 aromatic rings. The number of hydrogen-bond acceptors (Lipinski definition) is 5. The van der Waals surface area contributed by atoms with Gasteiger partial charge in [0, 0.05) is 0 Å². The van der Waals surface area contributed by atoms with Gasteiger partial charge in [-0.15, -0.1) is 0 Å². The van der Waals surface area contributed by atoms with E-state index in [1.807, 2.05) is 0 Å². The third-order valence-electron chi connectivity index (χ3n) is 1.18. The second-order valence-electron chi connectivity index (χ2n) is 1.85. The van der Waals surface area contributed by atoms with Crippen LogP contribution in [0.25, 0.3) is 0 Å². The van der Waals surface area contributed by atoms with Crippen molar-refractivity contribution in [2.45, 2.75) is 0 Å². The lowest BCUT2D eigenvalue weighted by Crippen LogP contribution is -2.05. The van der Waals surface area contributed by atoms with E-state index in [-0.39, 0.29) is 5.69 Å². The molecule has 0 spiro atoms. The molecule has 0 aliphatic rings. The molecule has 7 heteroatoms. The maximum absolute atomic E-state index is 10.8. The summed E-state index contributed by atoms with van der Waals surface area (Å²) in [6, 6.07) is 0. The maximum Gasteiger partial charge on any atom is 0.365 e. The first-order chi connectivity index (χ1) is 5.66. The van der Waals surface area contributed by atoms with Crippen molar-refractivity contribution in [3.05, 3.63) is 22.1 Å². The number of nitrogens with zero attached hydrogens (tertiary/aromatic N) is 2. The Labute approximate surface area is 66.5 Å². The largest absolute Gasteiger partial charge is 0.464 e. The van der Waals surface area contributed by atoms with Crippen LogP contribution < -0.4 is 0 Å². The quantitative estimate of drug-likeness (QED) is 0.386.